The molecule has 0 bridgehead atoms. The molecule has 28 heavy (non-hydrogen) atoms. The molecule has 0 aliphatic rings. The molecule has 0 unspecified atom stereocenters. The number of nitrogens with one attached hydrogen (secondary N) is 2. The molecular formula is C21H22N4O3. The highest BCUT2D eigenvalue weighted by atomic mass is 16.5. The quantitative estimate of drug-likeness (QED) is 0.585. The number of aryl methyl sites for hydroxylation is 1. The lowest BCUT2D eigenvalue weighted by Crippen LogP contribution is -2.29. The van der Waals surface area contributed by atoms with E-state index in [1.807, 2.05) is 55.5 Å². The Kier molecular flexibility index (Phi) is 6.41. The molecule has 1 amide bonds. The molecule has 0 aliphatic heterocycles. The van der Waals surface area contributed by atoms with Crippen molar-refractivity contribution in [3.8, 4) is 11.5 Å². The van der Waals surface area contributed by atoms with Gasteiger partial charge in [-0.15, -0.1) is 0 Å². The molecule has 1 heterocycles. The van der Waals surface area contributed by atoms with Crippen LogP contribution in [0.5, 0.6) is 11.5 Å². The topological polar surface area (TPSA) is 85.4 Å². The Morgan fingerprint density at radius 2 is 1.79 bits per heavy atom. The first-order valence-corrected chi connectivity index (χ1v) is 8.86. The molecule has 7 heteroatoms. The summed E-state index contributed by atoms with van der Waals surface area (Å²) in [7, 11) is 1.61. The van der Waals surface area contributed by atoms with Crippen LogP contribution < -0.4 is 20.1 Å². The van der Waals surface area contributed by atoms with Crippen molar-refractivity contribution in [1.29, 1.82) is 0 Å². The third kappa shape index (κ3) is 5.20. The Labute approximate surface area is 163 Å². The minimum Gasteiger partial charge on any atom is -0.497 e. The largest absolute Gasteiger partial charge is 0.497 e. The molecule has 144 valence electrons. The molecule has 0 saturated heterocycles. The number of aromatic nitrogens is 2. The molecule has 2 aromatic carbocycles. The van der Waals surface area contributed by atoms with Crippen LogP contribution in [0.25, 0.3) is 0 Å². The average molecular weight is 378 g/mol. The lowest BCUT2D eigenvalue weighted by atomic mass is 10.2. The number of carbonyl (C=O) groups excluding carboxylic acids is 1. The third-order valence-corrected chi connectivity index (χ3v) is 4.00. The molecule has 0 atom stereocenters. The Morgan fingerprint density at radius 3 is 2.54 bits per heavy atom. The second kappa shape index (κ2) is 9.36. The Hall–Kier alpha value is -3.61. The molecule has 0 spiro atoms. The smallest absolute Gasteiger partial charge is 0.270 e. The maximum Gasteiger partial charge on any atom is 0.270 e. The summed E-state index contributed by atoms with van der Waals surface area (Å²) in [5.41, 5.74) is 2.25. The minimum absolute atomic E-state index is 0.284. The molecule has 1 aromatic heterocycles. The molecular weight excluding hydrogens is 356 g/mol. The monoisotopic (exact) mass is 378 g/mol. The summed E-state index contributed by atoms with van der Waals surface area (Å²) in [5, 5.41) is 5.92. The van der Waals surface area contributed by atoms with Gasteiger partial charge in [0.2, 0.25) is 5.95 Å². The SMILES string of the molecule is COc1ccc(OCCNC(=O)c2ccnc(Nc3ccccc3C)n2)cc1. The van der Waals surface area contributed by atoms with Crippen LogP contribution in [0.3, 0.4) is 0 Å². The number of para-hydroxylation sites is 1. The standard InChI is InChI=1S/C21H22N4O3/c1-15-5-3-4-6-18(15)24-21-23-12-11-19(25-21)20(26)22-13-14-28-17-9-7-16(27-2)8-10-17/h3-12H,13-14H2,1-2H3,(H,22,26)(H,23,24,25). The van der Waals surface area contributed by atoms with E-state index in [0.717, 1.165) is 17.0 Å². The van der Waals surface area contributed by atoms with Crippen molar-refractivity contribution in [1.82, 2.24) is 15.3 Å². The van der Waals surface area contributed by atoms with Crippen LogP contribution >= 0.6 is 0 Å². The summed E-state index contributed by atoms with van der Waals surface area (Å²) in [6.07, 6.45) is 1.55. The van der Waals surface area contributed by atoms with Gasteiger partial charge in [-0.2, -0.15) is 0 Å². The van der Waals surface area contributed by atoms with Gasteiger partial charge in [0.15, 0.2) is 0 Å². The predicted molar refractivity (Wildman–Crippen MR) is 107 cm³/mol. The van der Waals surface area contributed by atoms with E-state index < -0.39 is 0 Å². The van der Waals surface area contributed by atoms with Crippen LogP contribution in [0.15, 0.2) is 60.8 Å². The molecule has 2 N–H and O–H groups in total. The van der Waals surface area contributed by atoms with Crippen molar-refractivity contribution in [2.75, 3.05) is 25.6 Å². The van der Waals surface area contributed by atoms with Gasteiger partial charge in [-0.25, -0.2) is 9.97 Å². The summed E-state index contributed by atoms with van der Waals surface area (Å²) in [5.74, 6) is 1.56. The van der Waals surface area contributed by atoms with Gasteiger partial charge in [0.1, 0.15) is 23.8 Å². The van der Waals surface area contributed by atoms with E-state index in [9.17, 15) is 4.79 Å². The zero-order valence-electron chi connectivity index (χ0n) is 15.8. The minimum atomic E-state index is -0.284. The van der Waals surface area contributed by atoms with Crippen molar-refractivity contribution >= 4 is 17.5 Å². The summed E-state index contributed by atoms with van der Waals surface area (Å²) < 4.78 is 10.7. The van der Waals surface area contributed by atoms with Gasteiger partial charge < -0.3 is 20.1 Å². The van der Waals surface area contributed by atoms with E-state index in [1.165, 1.54) is 0 Å². The van der Waals surface area contributed by atoms with Crippen LogP contribution in [0.1, 0.15) is 16.1 Å². The van der Waals surface area contributed by atoms with Crippen molar-refractivity contribution in [3.05, 3.63) is 72.1 Å². The fraction of sp³-hybridized carbons (Fsp3) is 0.190. The molecule has 7 nitrogen and oxygen atoms in total. The maximum atomic E-state index is 12.3. The van der Waals surface area contributed by atoms with Gasteiger partial charge in [-0.1, -0.05) is 18.2 Å². The van der Waals surface area contributed by atoms with Crippen LogP contribution in [0, 0.1) is 6.92 Å². The summed E-state index contributed by atoms with van der Waals surface area (Å²) in [6, 6.07) is 16.6. The van der Waals surface area contributed by atoms with Crippen molar-refractivity contribution < 1.29 is 14.3 Å². The molecule has 3 aromatic rings. The van der Waals surface area contributed by atoms with Crippen LogP contribution in [0.2, 0.25) is 0 Å². The molecule has 3 rings (SSSR count). The summed E-state index contributed by atoms with van der Waals surface area (Å²) >= 11 is 0. The zero-order chi connectivity index (χ0) is 19.8. The second-order valence-corrected chi connectivity index (χ2v) is 5.99. The number of hydrogen-bond donors (Lipinski definition) is 2. The highest BCUT2D eigenvalue weighted by Gasteiger charge is 2.09. The van der Waals surface area contributed by atoms with Crippen LogP contribution in [-0.2, 0) is 0 Å². The highest BCUT2D eigenvalue weighted by molar-refractivity contribution is 5.92. The molecule has 0 aliphatic carbocycles. The van der Waals surface area contributed by atoms with Gasteiger partial charge in [0, 0.05) is 11.9 Å². The Morgan fingerprint density at radius 1 is 1.04 bits per heavy atom. The third-order valence-electron chi connectivity index (χ3n) is 4.00. The van der Waals surface area contributed by atoms with E-state index in [0.29, 0.717) is 24.8 Å². The number of carbonyl (C=O) groups is 1. The summed E-state index contributed by atoms with van der Waals surface area (Å²) in [4.78, 5) is 20.8. The maximum absolute atomic E-state index is 12.3. The number of hydrogen-bond acceptors (Lipinski definition) is 6. The number of amides is 1. The van der Waals surface area contributed by atoms with Gasteiger partial charge in [0.25, 0.3) is 5.91 Å². The number of benzene rings is 2. The zero-order valence-corrected chi connectivity index (χ0v) is 15.8. The van der Waals surface area contributed by atoms with Crippen molar-refractivity contribution in [2.45, 2.75) is 6.92 Å². The predicted octanol–water partition coefficient (Wildman–Crippen LogP) is 3.35. The summed E-state index contributed by atoms with van der Waals surface area (Å²) in [6.45, 7) is 2.69. The highest BCUT2D eigenvalue weighted by Crippen LogP contribution is 2.18. The number of ether oxygens (including phenoxy) is 2. The van der Waals surface area contributed by atoms with Gasteiger partial charge in [-0.3, -0.25) is 4.79 Å². The van der Waals surface area contributed by atoms with E-state index in [-0.39, 0.29) is 11.6 Å². The van der Waals surface area contributed by atoms with Crippen LogP contribution in [-0.4, -0.2) is 36.1 Å². The van der Waals surface area contributed by atoms with Crippen molar-refractivity contribution in [2.24, 2.45) is 0 Å². The van der Waals surface area contributed by atoms with Gasteiger partial charge in [-0.05, 0) is 48.9 Å². The van der Waals surface area contributed by atoms with E-state index in [4.69, 9.17) is 9.47 Å². The first-order chi connectivity index (χ1) is 13.7. The van der Waals surface area contributed by atoms with Gasteiger partial charge in [0.05, 0.1) is 13.7 Å². The average Bonchev–Trinajstić information content (AvgIpc) is 2.73. The van der Waals surface area contributed by atoms with E-state index in [1.54, 1.807) is 19.4 Å². The van der Waals surface area contributed by atoms with Gasteiger partial charge >= 0.3 is 0 Å². The number of anilines is 2. The Balaban J connectivity index is 1.50. The normalized spacial score (nSPS) is 10.2. The fourth-order valence-corrected chi connectivity index (χ4v) is 2.47. The first kappa shape index (κ1) is 19.2. The lowest BCUT2D eigenvalue weighted by molar-refractivity contribution is 0.0942. The molecule has 0 fully saturated rings. The number of nitrogens with zero attached hydrogens (tertiary/aromatic N) is 2. The van der Waals surface area contributed by atoms with E-state index >= 15 is 0 Å². The molecule has 0 radical (unpaired) electrons. The van der Waals surface area contributed by atoms with E-state index in [2.05, 4.69) is 20.6 Å². The second-order valence-electron chi connectivity index (χ2n) is 5.99. The number of rotatable bonds is 8. The number of methoxy groups -OCH3 is 1. The molecule has 0 saturated carbocycles. The first-order valence-electron chi connectivity index (χ1n) is 8.86. The van der Waals surface area contributed by atoms with Crippen LogP contribution in [0.4, 0.5) is 11.6 Å². The lowest BCUT2D eigenvalue weighted by Gasteiger charge is -2.10. The van der Waals surface area contributed by atoms with Crippen molar-refractivity contribution in [3.63, 3.8) is 0 Å². The fourth-order valence-electron chi connectivity index (χ4n) is 2.47. The Bertz CT molecular complexity index is 929.